The van der Waals surface area contributed by atoms with E-state index in [0.717, 1.165) is 18.5 Å². The van der Waals surface area contributed by atoms with Gasteiger partial charge >= 0.3 is 0 Å². The third-order valence-corrected chi connectivity index (χ3v) is 4.66. The molecule has 0 saturated heterocycles. The first-order valence-corrected chi connectivity index (χ1v) is 9.62. The van der Waals surface area contributed by atoms with Crippen LogP contribution in [0.25, 0.3) is 0 Å². The van der Waals surface area contributed by atoms with E-state index in [9.17, 15) is 9.59 Å². The number of carbonyl (C=O) groups is 2. The number of rotatable bonds is 9. The second kappa shape index (κ2) is 9.63. The molecule has 0 saturated carbocycles. The molecule has 0 atom stereocenters. The van der Waals surface area contributed by atoms with Crippen molar-refractivity contribution >= 4 is 28.3 Å². The number of carbonyl (C=O) groups excluding carboxylic acids is 2. The van der Waals surface area contributed by atoms with Crippen molar-refractivity contribution < 1.29 is 9.59 Å². The second-order valence-electron chi connectivity index (χ2n) is 5.98. The van der Waals surface area contributed by atoms with E-state index in [-0.39, 0.29) is 11.8 Å². The molecule has 0 bridgehead atoms. The fourth-order valence-electron chi connectivity index (χ4n) is 2.49. The van der Waals surface area contributed by atoms with Crippen molar-refractivity contribution in [3.05, 3.63) is 65.7 Å². The van der Waals surface area contributed by atoms with Gasteiger partial charge in [-0.1, -0.05) is 30.3 Å². The maximum absolute atomic E-state index is 12.1. The Morgan fingerprint density at radius 3 is 2.81 bits per heavy atom. The number of hydrogen-bond donors (Lipinski definition) is 2. The number of aromatic nitrogens is 3. The average Bonchev–Trinajstić information content (AvgIpc) is 3.36. The number of aryl methyl sites for hydroxylation is 2. The molecule has 0 fully saturated rings. The van der Waals surface area contributed by atoms with Gasteiger partial charge < -0.3 is 15.2 Å². The minimum Gasteiger partial charge on any atom is -0.351 e. The van der Waals surface area contributed by atoms with Gasteiger partial charge in [0.15, 0.2) is 5.13 Å². The smallest absolute Gasteiger partial charge is 0.270 e. The summed E-state index contributed by atoms with van der Waals surface area (Å²) in [6.45, 7) is 1.34. The van der Waals surface area contributed by atoms with Gasteiger partial charge in [-0.3, -0.25) is 9.59 Å². The molecule has 3 rings (SSSR count). The minimum atomic E-state index is -0.235. The molecule has 2 aromatic heterocycles. The Bertz CT molecular complexity index is 861. The Hall–Kier alpha value is -3.00. The van der Waals surface area contributed by atoms with Gasteiger partial charge in [-0.15, -0.1) is 11.3 Å². The third kappa shape index (κ3) is 6.03. The van der Waals surface area contributed by atoms with Crippen LogP contribution in [0.2, 0.25) is 0 Å². The zero-order chi connectivity index (χ0) is 18.9. The Morgan fingerprint density at radius 2 is 2.04 bits per heavy atom. The zero-order valence-corrected chi connectivity index (χ0v) is 15.6. The lowest BCUT2D eigenvalue weighted by atomic mass is 10.1. The van der Waals surface area contributed by atoms with Gasteiger partial charge in [-0.05, 0) is 18.4 Å². The van der Waals surface area contributed by atoms with Crippen molar-refractivity contribution in [3.63, 3.8) is 0 Å². The van der Waals surface area contributed by atoms with Gasteiger partial charge in [0.25, 0.3) is 5.91 Å². The summed E-state index contributed by atoms with van der Waals surface area (Å²) < 4.78 is 1.96. The van der Waals surface area contributed by atoms with Crippen molar-refractivity contribution in [2.24, 2.45) is 0 Å². The number of benzene rings is 1. The Balaban J connectivity index is 1.39. The lowest BCUT2D eigenvalue weighted by Gasteiger charge is -2.04. The molecule has 7 nitrogen and oxygen atoms in total. The van der Waals surface area contributed by atoms with Crippen LogP contribution in [0.5, 0.6) is 0 Å². The van der Waals surface area contributed by atoms with Crippen molar-refractivity contribution in [3.8, 4) is 0 Å². The highest BCUT2D eigenvalue weighted by atomic mass is 32.1. The molecular formula is C19H21N5O2S. The molecule has 0 spiro atoms. The first kappa shape index (κ1) is 18.8. The van der Waals surface area contributed by atoms with Crippen LogP contribution in [-0.2, 0) is 17.8 Å². The number of amides is 2. The molecule has 0 aliphatic rings. The molecule has 140 valence electrons. The monoisotopic (exact) mass is 383 g/mol. The minimum absolute atomic E-state index is 0.111. The van der Waals surface area contributed by atoms with E-state index in [1.54, 1.807) is 17.9 Å². The van der Waals surface area contributed by atoms with Gasteiger partial charge in [0.1, 0.15) is 5.69 Å². The number of hydrogen-bond acceptors (Lipinski definition) is 5. The Kier molecular flexibility index (Phi) is 6.70. The number of thiazole rings is 1. The Labute approximate surface area is 161 Å². The predicted molar refractivity (Wildman–Crippen MR) is 105 cm³/mol. The summed E-state index contributed by atoms with van der Waals surface area (Å²) in [5.74, 6) is -0.345. The molecule has 1 aromatic carbocycles. The molecule has 0 unspecified atom stereocenters. The average molecular weight is 383 g/mol. The largest absolute Gasteiger partial charge is 0.351 e. The number of anilines is 1. The lowest BCUT2D eigenvalue weighted by Crippen LogP contribution is -2.25. The fraction of sp³-hybridized carbons (Fsp3) is 0.263. The van der Waals surface area contributed by atoms with E-state index in [4.69, 9.17) is 0 Å². The quantitative estimate of drug-likeness (QED) is 0.556. The molecule has 8 heteroatoms. The first-order chi connectivity index (χ1) is 13.2. The first-order valence-electron chi connectivity index (χ1n) is 8.74. The summed E-state index contributed by atoms with van der Waals surface area (Å²) in [6, 6.07) is 9.84. The van der Waals surface area contributed by atoms with E-state index in [1.807, 2.05) is 41.1 Å². The predicted octanol–water partition coefficient (Wildman–Crippen LogP) is 2.73. The molecule has 27 heavy (non-hydrogen) atoms. The van der Waals surface area contributed by atoms with Crippen molar-refractivity contribution in [2.75, 3.05) is 11.9 Å². The van der Waals surface area contributed by atoms with Gasteiger partial charge in [-0.2, -0.15) is 0 Å². The molecule has 0 radical (unpaired) electrons. The molecule has 2 heterocycles. The van der Waals surface area contributed by atoms with Crippen LogP contribution in [0.3, 0.4) is 0 Å². The number of imidazole rings is 1. The molecule has 0 aliphatic heterocycles. The van der Waals surface area contributed by atoms with Crippen LogP contribution in [0.4, 0.5) is 5.13 Å². The summed E-state index contributed by atoms with van der Waals surface area (Å²) in [5, 5.41) is 7.68. The number of nitrogens with zero attached hydrogens (tertiary/aromatic N) is 3. The summed E-state index contributed by atoms with van der Waals surface area (Å²) in [6.07, 6.45) is 7.20. The van der Waals surface area contributed by atoms with Crippen molar-refractivity contribution in [1.29, 1.82) is 0 Å². The second-order valence-corrected chi connectivity index (χ2v) is 6.84. The fourth-order valence-corrected chi connectivity index (χ4v) is 3.20. The topological polar surface area (TPSA) is 88.9 Å². The highest BCUT2D eigenvalue weighted by Gasteiger charge is 2.12. The van der Waals surface area contributed by atoms with Crippen LogP contribution in [0.15, 0.2) is 54.4 Å². The van der Waals surface area contributed by atoms with E-state index in [1.165, 1.54) is 11.3 Å². The maximum Gasteiger partial charge on any atom is 0.270 e. The number of nitrogens with one attached hydrogen (secondary N) is 2. The van der Waals surface area contributed by atoms with Crippen LogP contribution in [0, 0.1) is 0 Å². The molecular weight excluding hydrogens is 362 g/mol. The van der Waals surface area contributed by atoms with Crippen molar-refractivity contribution in [2.45, 2.75) is 25.8 Å². The lowest BCUT2D eigenvalue weighted by molar-refractivity contribution is -0.116. The molecule has 2 N–H and O–H groups in total. The SMILES string of the molecule is O=C(CCc1ccccc1)Nc1nc(C(=O)NCCCn2ccnc2)cs1. The highest BCUT2D eigenvalue weighted by molar-refractivity contribution is 7.14. The summed E-state index contributed by atoms with van der Waals surface area (Å²) >= 11 is 1.25. The summed E-state index contributed by atoms with van der Waals surface area (Å²) in [4.78, 5) is 32.3. The summed E-state index contributed by atoms with van der Waals surface area (Å²) in [5.41, 5.74) is 1.43. The van der Waals surface area contributed by atoms with Gasteiger partial charge in [0.2, 0.25) is 5.91 Å². The molecule has 3 aromatic rings. The third-order valence-electron chi connectivity index (χ3n) is 3.90. The Morgan fingerprint density at radius 1 is 1.19 bits per heavy atom. The van der Waals surface area contributed by atoms with Crippen LogP contribution in [0.1, 0.15) is 28.9 Å². The maximum atomic E-state index is 12.1. The van der Waals surface area contributed by atoms with Crippen molar-refractivity contribution in [1.82, 2.24) is 19.9 Å². The van der Waals surface area contributed by atoms with E-state index >= 15 is 0 Å². The highest BCUT2D eigenvalue weighted by Crippen LogP contribution is 2.16. The van der Waals surface area contributed by atoms with Crippen LogP contribution >= 0.6 is 11.3 Å². The molecule has 0 aliphatic carbocycles. The van der Waals surface area contributed by atoms with Gasteiger partial charge in [0, 0.05) is 37.3 Å². The standard InChI is InChI=1S/C19H21N5O2S/c25-17(8-7-15-5-2-1-3-6-15)23-19-22-16(13-27-19)18(26)21-9-4-11-24-12-10-20-14-24/h1-3,5-6,10,12-14H,4,7-9,11H2,(H,21,26)(H,22,23,25). The van der Waals surface area contributed by atoms with Crippen LogP contribution < -0.4 is 10.6 Å². The van der Waals surface area contributed by atoms with Gasteiger partial charge in [-0.25, -0.2) is 9.97 Å². The zero-order valence-electron chi connectivity index (χ0n) is 14.8. The van der Waals surface area contributed by atoms with Crippen LogP contribution in [-0.4, -0.2) is 32.9 Å². The van der Waals surface area contributed by atoms with E-state index in [2.05, 4.69) is 20.6 Å². The van der Waals surface area contributed by atoms with Gasteiger partial charge in [0.05, 0.1) is 6.33 Å². The normalized spacial score (nSPS) is 10.5. The van der Waals surface area contributed by atoms with E-state index < -0.39 is 0 Å². The summed E-state index contributed by atoms with van der Waals surface area (Å²) in [7, 11) is 0. The molecule has 2 amide bonds. The van der Waals surface area contributed by atoms with E-state index in [0.29, 0.717) is 30.2 Å².